The zero-order valence-corrected chi connectivity index (χ0v) is 16.5. The normalized spacial score (nSPS) is 11.6. The lowest BCUT2D eigenvalue weighted by Crippen LogP contribution is -2.04. The lowest BCUT2D eigenvalue weighted by Gasteiger charge is -2.03. The van der Waals surface area contributed by atoms with Crippen LogP contribution in [0.2, 0.25) is 0 Å². The Morgan fingerprint density at radius 3 is 2.25 bits per heavy atom. The molecule has 3 rings (SSSR count). The Balaban J connectivity index is 1.90. The summed E-state index contributed by atoms with van der Waals surface area (Å²) in [5.41, 5.74) is 2.88. The van der Waals surface area contributed by atoms with Crippen molar-refractivity contribution in [3.05, 3.63) is 68.5 Å². The van der Waals surface area contributed by atoms with E-state index >= 15 is 0 Å². The predicted molar refractivity (Wildman–Crippen MR) is 102 cm³/mol. The van der Waals surface area contributed by atoms with Gasteiger partial charge in [0.2, 0.25) is 0 Å². The van der Waals surface area contributed by atoms with Crippen LogP contribution in [0.4, 0.5) is 0 Å². The van der Waals surface area contributed by atoms with Crippen molar-refractivity contribution in [3.63, 3.8) is 0 Å². The maximum Gasteiger partial charge on any atom is 0.184 e. The predicted octanol–water partition coefficient (Wildman–Crippen LogP) is 5.16. The molecule has 6 heteroatoms. The maximum absolute atomic E-state index is 12.6. The van der Waals surface area contributed by atoms with E-state index in [4.69, 9.17) is 0 Å². The minimum Gasteiger partial charge on any atom is -0.240 e. The van der Waals surface area contributed by atoms with Crippen molar-refractivity contribution in [1.82, 2.24) is 4.98 Å². The highest BCUT2D eigenvalue weighted by atomic mass is 79.9. The fourth-order valence-corrected chi connectivity index (χ4v) is 5.20. The highest BCUT2D eigenvalue weighted by Gasteiger charge is 2.19. The number of aryl methyl sites for hydroxylation is 2. The van der Waals surface area contributed by atoms with Crippen LogP contribution in [0.5, 0.6) is 0 Å². The van der Waals surface area contributed by atoms with E-state index in [2.05, 4.69) is 20.9 Å². The highest BCUT2D eigenvalue weighted by molar-refractivity contribution is 9.10. The first-order chi connectivity index (χ1) is 11.3. The summed E-state index contributed by atoms with van der Waals surface area (Å²) in [6.07, 6.45) is 0. The van der Waals surface area contributed by atoms with Gasteiger partial charge >= 0.3 is 0 Å². The fourth-order valence-electron chi connectivity index (χ4n) is 2.38. The third-order valence-corrected chi connectivity index (χ3v) is 6.98. The van der Waals surface area contributed by atoms with Gasteiger partial charge in [-0.05, 0) is 38.1 Å². The largest absolute Gasteiger partial charge is 0.240 e. The lowest BCUT2D eigenvalue weighted by molar-refractivity contribution is 0.595. The summed E-state index contributed by atoms with van der Waals surface area (Å²) < 4.78 is 26.2. The molecule has 0 spiro atoms. The van der Waals surface area contributed by atoms with Crippen LogP contribution in [0.25, 0.3) is 11.3 Å². The molecule has 0 amide bonds. The van der Waals surface area contributed by atoms with E-state index in [0.717, 1.165) is 26.2 Å². The zero-order valence-electron chi connectivity index (χ0n) is 13.3. The van der Waals surface area contributed by atoms with Crippen molar-refractivity contribution in [2.75, 3.05) is 0 Å². The molecule has 3 aromatic rings. The van der Waals surface area contributed by atoms with Gasteiger partial charge in [0.15, 0.2) is 9.84 Å². The van der Waals surface area contributed by atoms with Gasteiger partial charge in [-0.2, -0.15) is 0 Å². The molecular formula is C18H16BrNO2S2. The number of thiazole rings is 1. The smallest absolute Gasteiger partial charge is 0.184 e. The maximum atomic E-state index is 12.6. The Labute approximate surface area is 154 Å². The summed E-state index contributed by atoms with van der Waals surface area (Å²) >= 11 is 4.85. The van der Waals surface area contributed by atoms with Crippen LogP contribution in [0.3, 0.4) is 0 Å². The van der Waals surface area contributed by atoms with Crippen molar-refractivity contribution < 1.29 is 8.42 Å². The average molecular weight is 422 g/mol. The summed E-state index contributed by atoms with van der Waals surface area (Å²) in [5, 5.41) is 0.617. The molecule has 0 atom stereocenters. The Morgan fingerprint density at radius 2 is 1.62 bits per heavy atom. The molecular weight excluding hydrogens is 406 g/mol. The molecule has 0 aliphatic carbocycles. The van der Waals surface area contributed by atoms with E-state index in [0.29, 0.717) is 9.90 Å². The molecule has 0 saturated carbocycles. The van der Waals surface area contributed by atoms with Gasteiger partial charge < -0.3 is 0 Å². The molecule has 0 aliphatic rings. The number of rotatable bonds is 4. The molecule has 1 aromatic heterocycles. The molecule has 0 bridgehead atoms. The Kier molecular flexibility index (Phi) is 4.90. The molecule has 0 radical (unpaired) electrons. The monoisotopic (exact) mass is 421 g/mol. The summed E-state index contributed by atoms with van der Waals surface area (Å²) in [4.78, 5) is 5.92. The minimum atomic E-state index is -3.38. The van der Waals surface area contributed by atoms with Crippen molar-refractivity contribution >= 4 is 37.1 Å². The van der Waals surface area contributed by atoms with Crippen molar-refractivity contribution in [1.29, 1.82) is 0 Å². The number of halogens is 1. The van der Waals surface area contributed by atoms with E-state index < -0.39 is 9.84 Å². The molecule has 3 nitrogen and oxygen atoms in total. The second-order valence-electron chi connectivity index (χ2n) is 5.59. The molecule has 2 aromatic carbocycles. The molecule has 0 saturated heterocycles. The number of hydrogen-bond acceptors (Lipinski definition) is 4. The number of benzene rings is 2. The molecule has 0 N–H and O–H groups in total. The number of nitrogens with zero attached hydrogens (tertiary/aromatic N) is 1. The van der Waals surface area contributed by atoms with Gasteiger partial charge in [-0.25, -0.2) is 13.4 Å². The van der Waals surface area contributed by atoms with Crippen LogP contribution < -0.4 is 0 Å². The Morgan fingerprint density at radius 1 is 1.00 bits per heavy atom. The average Bonchev–Trinajstić information content (AvgIpc) is 2.88. The van der Waals surface area contributed by atoms with E-state index in [-0.39, 0.29) is 5.75 Å². The van der Waals surface area contributed by atoms with Crippen LogP contribution >= 0.6 is 27.3 Å². The molecule has 24 heavy (non-hydrogen) atoms. The van der Waals surface area contributed by atoms with Gasteiger partial charge in [0.1, 0.15) is 10.8 Å². The van der Waals surface area contributed by atoms with E-state index in [1.165, 1.54) is 11.3 Å². The van der Waals surface area contributed by atoms with Gasteiger partial charge in [-0.1, -0.05) is 45.8 Å². The topological polar surface area (TPSA) is 47.0 Å². The first-order valence-electron chi connectivity index (χ1n) is 7.37. The van der Waals surface area contributed by atoms with Crippen molar-refractivity contribution in [2.24, 2.45) is 0 Å². The fraction of sp³-hybridized carbons (Fsp3) is 0.167. The second-order valence-corrected chi connectivity index (χ2v) is 9.78. The van der Waals surface area contributed by atoms with Crippen LogP contribution in [0, 0.1) is 13.8 Å². The quantitative estimate of drug-likeness (QED) is 0.583. The van der Waals surface area contributed by atoms with Crippen LogP contribution in [-0.2, 0) is 15.6 Å². The first kappa shape index (κ1) is 17.3. The van der Waals surface area contributed by atoms with Gasteiger partial charge in [-0.3, -0.25) is 0 Å². The van der Waals surface area contributed by atoms with Crippen molar-refractivity contribution in [3.8, 4) is 11.3 Å². The third kappa shape index (κ3) is 3.77. The molecule has 0 unspecified atom stereocenters. The number of aromatic nitrogens is 1. The second kappa shape index (κ2) is 6.78. The summed E-state index contributed by atoms with van der Waals surface area (Å²) in [6, 6.07) is 14.8. The zero-order chi connectivity index (χ0) is 17.3. The van der Waals surface area contributed by atoms with Crippen LogP contribution in [-0.4, -0.2) is 13.4 Å². The van der Waals surface area contributed by atoms with Gasteiger partial charge in [0.05, 0.1) is 10.6 Å². The van der Waals surface area contributed by atoms with E-state index in [1.807, 2.05) is 50.2 Å². The Bertz CT molecular complexity index is 959. The SMILES string of the molecule is Cc1ccc(S(=O)(=O)Cc2nc(-c3ccc(Br)cc3)c(C)s2)cc1. The standard InChI is InChI=1S/C18H16BrNO2S2/c1-12-3-9-16(10-4-12)24(21,22)11-17-20-18(13(2)23-17)14-5-7-15(19)8-6-14/h3-10H,11H2,1-2H3. The Hall–Kier alpha value is -1.50. The van der Waals surface area contributed by atoms with E-state index in [9.17, 15) is 8.42 Å². The van der Waals surface area contributed by atoms with Crippen LogP contribution in [0.15, 0.2) is 57.9 Å². The lowest BCUT2D eigenvalue weighted by atomic mass is 10.1. The summed E-state index contributed by atoms with van der Waals surface area (Å²) in [5.74, 6) is -0.0713. The summed E-state index contributed by atoms with van der Waals surface area (Å²) in [7, 11) is -3.38. The first-order valence-corrected chi connectivity index (χ1v) is 10.6. The number of hydrogen-bond donors (Lipinski definition) is 0. The third-order valence-electron chi connectivity index (χ3n) is 3.65. The summed E-state index contributed by atoms with van der Waals surface area (Å²) in [6.45, 7) is 3.90. The molecule has 124 valence electrons. The van der Waals surface area contributed by atoms with Crippen LogP contribution in [0.1, 0.15) is 15.4 Å². The molecule has 0 fully saturated rings. The minimum absolute atomic E-state index is 0.0713. The molecule has 0 aliphatic heterocycles. The number of sulfone groups is 1. The van der Waals surface area contributed by atoms with Crippen molar-refractivity contribution in [2.45, 2.75) is 24.5 Å². The van der Waals surface area contributed by atoms with Gasteiger partial charge in [0, 0.05) is 14.9 Å². The van der Waals surface area contributed by atoms with Gasteiger partial charge in [0.25, 0.3) is 0 Å². The molecule has 1 heterocycles. The van der Waals surface area contributed by atoms with Gasteiger partial charge in [-0.15, -0.1) is 11.3 Å². The van der Waals surface area contributed by atoms with E-state index in [1.54, 1.807) is 12.1 Å². The highest BCUT2D eigenvalue weighted by Crippen LogP contribution is 2.30.